The van der Waals surface area contributed by atoms with Crippen LogP contribution in [0, 0.1) is 0 Å². The van der Waals surface area contributed by atoms with E-state index in [-0.39, 0.29) is 0 Å². The molecule has 0 bridgehead atoms. The molecule has 1 aromatic heterocycles. The molecule has 2 nitrogen and oxygen atoms in total. The Kier molecular flexibility index (Phi) is 7.47. The Morgan fingerprint density at radius 1 is 0.391 bits per heavy atom. The molecule has 0 aliphatic rings. The molecule has 46 heavy (non-hydrogen) atoms. The normalized spacial score (nSPS) is 11.8. The van der Waals surface area contributed by atoms with E-state index in [4.69, 9.17) is 0 Å². The molecule has 0 amide bonds. The standard InChI is InChI=1S/C42H31NOP2/c44-46(36-22-12-4-13-23-36,37-24-14-5-15-25-37)38-27-29-42-40(31-38)39-30-35(26-28-41(39)43(42)32-16-6-1-7-17-32)45(33-18-8-2-9-19-33)34-20-10-3-11-21-34/h1-31H. The van der Waals surface area contributed by atoms with Crippen molar-refractivity contribution in [2.45, 2.75) is 0 Å². The van der Waals surface area contributed by atoms with Crippen molar-refractivity contribution < 1.29 is 4.57 Å². The van der Waals surface area contributed by atoms with Gasteiger partial charge in [-0.05, 0) is 66.3 Å². The van der Waals surface area contributed by atoms with Gasteiger partial charge in [0.15, 0.2) is 7.14 Å². The van der Waals surface area contributed by atoms with Gasteiger partial charge in [-0.15, -0.1) is 0 Å². The fourth-order valence-corrected chi connectivity index (χ4v) is 11.5. The summed E-state index contributed by atoms with van der Waals surface area (Å²) in [6.45, 7) is 0. The molecule has 1 heterocycles. The molecule has 7 aromatic carbocycles. The second kappa shape index (κ2) is 12.1. The first-order chi connectivity index (χ1) is 22.7. The molecule has 0 spiro atoms. The number of aromatic nitrogens is 1. The highest BCUT2D eigenvalue weighted by Crippen LogP contribution is 2.44. The molecule has 0 radical (unpaired) electrons. The van der Waals surface area contributed by atoms with Crippen molar-refractivity contribution in [2.24, 2.45) is 0 Å². The minimum atomic E-state index is -3.15. The third-order valence-electron chi connectivity index (χ3n) is 8.64. The van der Waals surface area contributed by atoms with Crippen molar-refractivity contribution in [1.82, 2.24) is 4.57 Å². The topological polar surface area (TPSA) is 22.0 Å². The fraction of sp³-hybridized carbons (Fsp3) is 0. The van der Waals surface area contributed by atoms with Gasteiger partial charge in [-0.25, -0.2) is 0 Å². The zero-order chi connectivity index (χ0) is 30.9. The Morgan fingerprint density at radius 2 is 0.826 bits per heavy atom. The van der Waals surface area contributed by atoms with Gasteiger partial charge in [0.05, 0.1) is 11.0 Å². The van der Waals surface area contributed by atoms with Crippen LogP contribution in [0.2, 0.25) is 0 Å². The number of hydrogen-bond acceptors (Lipinski definition) is 1. The molecule has 4 heteroatoms. The first kappa shape index (κ1) is 28.5. The predicted octanol–water partition coefficient (Wildman–Crippen LogP) is 8.18. The second-order valence-electron chi connectivity index (χ2n) is 11.4. The van der Waals surface area contributed by atoms with Crippen LogP contribution in [0.1, 0.15) is 0 Å². The summed E-state index contributed by atoms with van der Waals surface area (Å²) in [6, 6.07) is 65.4. The minimum Gasteiger partial charge on any atom is -0.309 e. The zero-order valence-corrected chi connectivity index (χ0v) is 26.9. The molecule has 0 saturated carbocycles. The van der Waals surface area contributed by atoms with Gasteiger partial charge in [0.1, 0.15) is 0 Å². The summed E-state index contributed by atoms with van der Waals surface area (Å²) < 4.78 is 17.8. The molecule has 0 aliphatic heterocycles. The van der Waals surface area contributed by atoms with Gasteiger partial charge in [0.25, 0.3) is 0 Å². The van der Waals surface area contributed by atoms with Crippen LogP contribution in [0.15, 0.2) is 188 Å². The molecule has 0 fully saturated rings. The summed E-state index contributed by atoms with van der Waals surface area (Å²) in [5.41, 5.74) is 3.33. The molecular weight excluding hydrogens is 596 g/mol. The lowest BCUT2D eigenvalue weighted by Gasteiger charge is -2.20. The van der Waals surface area contributed by atoms with Crippen LogP contribution in [0.5, 0.6) is 0 Å². The summed E-state index contributed by atoms with van der Waals surface area (Å²) in [4.78, 5) is 0. The average Bonchev–Trinajstić information content (AvgIpc) is 3.46. The van der Waals surface area contributed by atoms with Crippen LogP contribution in [-0.2, 0) is 4.57 Å². The Labute approximate surface area is 270 Å². The molecule has 0 saturated heterocycles. The number of para-hydroxylation sites is 1. The summed E-state index contributed by atoms with van der Waals surface area (Å²) in [5.74, 6) is 0. The smallest absolute Gasteiger partial charge is 0.171 e. The van der Waals surface area contributed by atoms with E-state index in [0.717, 1.165) is 43.4 Å². The van der Waals surface area contributed by atoms with E-state index in [1.807, 2.05) is 60.7 Å². The van der Waals surface area contributed by atoms with E-state index in [9.17, 15) is 0 Å². The molecule has 8 aromatic rings. The third kappa shape index (κ3) is 4.92. The van der Waals surface area contributed by atoms with Gasteiger partial charge in [0.2, 0.25) is 0 Å². The van der Waals surface area contributed by atoms with E-state index in [1.54, 1.807) is 0 Å². The minimum absolute atomic E-state index is 0.786. The van der Waals surface area contributed by atoms with Crippen molar-refractivity contribution in [2.75, 3.05) is 0 Å². The van der Waals surface area contributed by atoms with E-state index in [2.05, 4.69) is 132 Å². The van der Waals surface area contributed by atoms with E-state index in [0.29, 0.717) is 0 Å². The molecular formula is C42H31NOP2. The van der Waals surface area contributed by atoms with Crippen molar-refractivity contribution in [1.29, 1.82) is 0 Å². The van der Waals surface area contributed by atoms with E-state index in [1.165, 1.54) is 15.9 Å². The molecule has 0 atom stereocenters. The maximum absolute atomic E-state index is 15.4. The van der Waals surface area contributed by atoms with Crippen molar-refractivity contribution >= 4 is 68.7 Å². The van der Waals surface area contributed by atoms with E-state index >= 15 is 4.57 Å². The lowest BCUT2D eigenvalue weighted by Crippen LogP contribution is -2.24. The second-order valence-corrected chi connectivity index (χ2v) is 16.3. The van der Waals surface area contributed by atoms with Crippen molar-refractivity contribution in [3.8, 4) is 5.69 Å². The lowest BCUT2D eigenvalue weighted by atomic mass is 10.1. The Hall–Kier alpha value is -5.00. The molecule has 0 aliphatic carbocycles. The maximum Gasteiger partial charge on any atom is 0.171 e. The monoisotopic (exact) mass is 627 g/mol. The molecule has 8 rings (SSSR count). The Bertz CT molecular complexity index is 2240. The highest BCUT2D eigenvalue weighted by molar-refractivity contribution is 7.85. The summed E-state index contributed by atoms with van der Waals surface area (Å²) >= 11 is 0. The summed E-state index contributed by atoms with van der Waals surface area (Å²) in [6.07, 6.45) is 0. The van der Waals surface area contributed by atoms with Gasteiger partial charge < -0.3 is 9.13 Å². The number of hydrogen-bond donors (Lipinski definition) is 0. The SMILES string of the molecule is O=P(c1ccccc1)(c1ccccc1)c1ccc2c(c1)c1cc(P(c3ccccc3)c3ccccc3)ccc1n2-c1ccccc1. The number of fused-ring (bicyclic) bond motifs is 3. The van der Waals surface area contributed by atoms with Crippen molar-refractivity contribution in [3.63, 3.8) is 0 Å². The number of nitrogens with zero attached hydrogens (tertiary/aromatic N) is 1. The number of benzene rings is 7. The Balaban J connectivity index is 1.42. The first-order valence-corrected chi connectivity index (χ1v) is 18.5. The van der Waals surface area contributed by atoms with Crippen LogP contribution in [0.3, 0.4) is 0 Å². The van der Waals surface area contributed by atoms with Gasteiger partial charge >= 0.3 is 0 Å². The van der Waals surface area contributed by atoms with Crippen LogP contribution >= 0.6 is 15.1 Å². The Morgan fingerprint density at radius 3 is 1.35 bits per heavy atom. The first-order valence-electron chi connectivity index (χ1n) is 15.5. The molecule has 0 unspecified atom stereocenters. The van der Waals surface area contributed by atoms with Gasteiger partial charge in [-0.2, -0.15) is 0 Å². The highest BCUT2D eigenvalue weighted by Gasteiger charge is 2.30. The quantitative estimate of drug-likeness (QED) is 0.163. The fourth-order valence-electron chi connectivity index (χ4n) is 6.51. The van der Waals surface area contributed by atoms with E-state index < -0.39 is 15.1 Å². The van der Waals surface area contributed by atoms with Crippen LogP contribution < -0.4 is 31.8 Å². The average molecular weight is 628 g/mol. The van der Waals surface area contributed by atoms with Gasteiger partial charge in [-0.3, -0.25) is 0 Å². The summed E-state index contributed by atoms with van der Waals surface area (Å²) in [7, 11) is -3.94. The van der Waals surface area contributed by atoms with Crippen LogP contribution in [-0.4, -0.2) is 4.57 Å². The predicted molar refractivity (Wildman–Crippen MR) is 199 cm³/mol. The molecule has 0 N–H and O–H groups in total. The highest BCUT2D eigenvalue weighted by atomic mass is 31.2. The van der Waals surface area contributed by atoms with Gasteiger partial charge in [0, 0.05) is 32.4 Å². The van der Waals surface area contributed by atoms with Gasteiger partial charge in [-0.1, -0.05) is 146 Å². The number of rotatable bonds is 7. The largest absolute Gasteiger partial charge is 0.309 e. The van der Waals surface area contributed by atoms with Crippen LogP contribution in [0.4, 0.5) is 0 Å². The van der Waals surface area contributed by atoms with Crippen LogP contribution in [0.25, 0.3) is 27.5 Å². The summed E-state index contributed by atoms with van der Waals surface area (Å²) in [5, 5.41) is 8.68. The zero-order valence-electron chi connectivity index (χ0n) is 25.1. The third-order valence-corrected chi connectivity index (χ3v) is 14.1. The lowest BCUT2D eigenvalue weighted by molar-refractivity contribution is 0.592. The van der Waals surface area contributed by atoms with Crippen molar-refractivity contribution in [3.05, 3.63) is 188 Å². The maximum atomic E-state index is 15.4. The molecule has 220 valence electrons.